The van der Waals surface area contributed by atoms with Gasteiger partial charge in [-0.1, -0.05) is 12.0 Å². The van der Waals surface area contributed by atoms with Gasteiger partial charge in [-0.2, -0.15) is 0 Å². The molecule has 4 atom stereocenters. The lowest BCUT2D eigenvalue weighted by atomic mass is 10.1. The minimum Gasteiger partial charge on any atom is -0.359 e. The second-order valence-corrected chi connectivity index (χ2v) is 8.03. The molecular weight excluding hydrogens is 395 g/mol. The van der Waals surface area contributed by atoms with Crippen LogP contribution in [0.5, 0.6) is 0 Å². The van der Waals surface area contributed by atoms with Crippen LogP contribution in [-0.2, 0) is 18.3 Å². The Kier molecular flexibility index (Phi) is 7.17. The van der Waals surface area contributed by atoms with Gasteiger partial charge in [0.15, 0.2) is 0 Å². The van der Waals surface area contributed by atoms with Gasteiger partial charge in [0, 0.05) is 23.1 Å². The lowest BCUT2D eigenvalue weighted by Gasteiger charge is -2.20. The first kappa shape index (κ1) is 21.9. The van der Waals surface area contributed by atoms with Gasteiger partial charge in [-0.25, -0.2) is 9.36 Å². The van der Waals surface area contributed by atoms with Gasteiger partial charge in [0.1, 0.15) is 6.23 Å². The molecule has 1 aliphatic heterocycles. The van der Waals surface area contributed by atoms with E-state index in [0.29, 0.717) is 6.42 Å². The van der Waals surface area contributed by atoms with Crippen LogP contribution in [-0.4, -0.2) is 40.6 Å². The molecule has 1 saturated heterocycles. The molecule has 0 aromatic carbocycles. The van der Waals surface area contributed by atoms with Crippen LogP contribution in [0.2, 0.25) is 0 Å². The van der Waals surface area contributed by atoms with Crippen LogP contribution in [0.3, 0.4) is 0 Å². The van der Waals surface area contributed by atoms with E-state index < -0.39 is 49.5 Å². The smallest absolute Gasteiger partial charge is 0.359 e. The zero-order valence-electron chi connectivity index (χ0n) is 15.3. The Bertz CT molecular complexity index is 937. The molecule has 2 heterocycles. The van der Waals surface area contributed by atoms with Crippen molar-refractivity contribution in [3.05, 3.63) is 43.0 Å². The molecule has 0 aliphatic carbocycles. The minimum atomic E-state index is -4.21. The normalized spacial score (nSPS) is 23.7. The Morgan fingerprint density at radius 1 is 1.54 bits per heavy atom. The second-order valence-electron chi connectivity index (χ2n) is 6.08. The first-order valence-electron chi connectivity index (χ1n) is 8.42. The molecule has 0 radical (unpaired) electrons. The predicted molar refractivity (Wildman–Crippen MR) is 96.9 cm³/mol. The summed E-state index contributed by atoms with van der Waals surface area (Å²) in [4.78, 5) is 39.9. The third-order valence-electron chi connectivity index (χ3n) is 4.00. The summed E-state index contributed by atoms with van der Waals surface area (Å²) < 4.78 is 29.3. The molecule has 1 aromatic rings. The Hall–Kier alpha value is -2.43. The van der Waals surface area contributed by atoms with Gasteiger partial charge in [-0.05, 0) is 18.9 Å². The van der Waals surface area contributed by atoms with Gasteiger partial charge < -0.3 is 15.0 Å². The van der Waals surface area contributed by atoms with Crippen molar-refractivity contribution < 1.29 is 23.1 Å². The Labute approximate surface area is 158 Å². The van der Waals surface area contributed by atoms with Crippen LogP contribution >= 0.6 is 7.60 Å². The highest BCUT2D eigenvalue weighted by Gasteiger charge is 2.40. The van der Waals surface area contributed by atoms with E-state index in [2.05, 4.69) is 15.0 Å². The number of aromatic nitrogens is 2. The Morgan fingerprint density at radius 2 is 2.25 bits per heavy atom. The maximum Gasteiger partial charge on any atom is 0.418 e. The zero-order valence-corrected chi connectivity index (χ0v) is 16.2. The standard InChI is InChI=1S/C14H21N6O7P/c1-3-4-25-28(24,13(15)22)26-7-10-9(18-19-16)5-11(27-10)20-6-8(2)12(21)17-14(20)23/h6,9-11H,3-5,7H2,1-2H3,(H2,15,22)(H,17,21,23)/t9-,10+,11+,28?/m0/s1. The molecule has 1 unspecified atom stereocenters. The minimum absolute atomic E-state index is 0.000191. The van der Waals surface area contributed by atoms with Crippen LogP contribution in [0.1, 0.15) is 31.6 Å². The van der Waals surface area contributed by atoms with E-state index in [4.69, 9.17) is 25.0 Å². The number of nitrogens with two attached hydrogens (primary N) is 1. The maximum absolute atomic E-state index is 12.4. The van der Waals surface area contributed by atoms with E-state index >= 15 is 0 Å². The van der Waals surface area contributed by atoms with Crippen LogP contribution in [0.25, 0.3) is 10.4 Å². The number of aryl methyl sites for hydroxylation is 1. The molecule has 0 bridgehead atoms. The van der Waals surface area contributed by atoms with Crippen molar-refractivity contribution in [2.24, 2.45) is 10.8 Å². The zero-order chi connectivity index (χ0) is 20.9. The molecule has 0 spiro atoms. The molecule has 2 rings (SSSR count). The van der Waals surface area contributed by atoms with E-state index in [0.717, 1.165) is 4.57 Å². The maximum atomic E-state index is 12.4. The lowest BCUT2D eigenvalue weighted by Crippen LogP contribution is -2.33. The summed E-state index contributed by atoms with van der Waals surface area (Å²) in [7, 11) is -4.21. The SMILES string of the molecule is CCCOP(=O)(OC[C@H]1O[C@@H](n2cc(C)c(=O)[nH]c2=O)C[C@@H]1N=[N+]=[N-])C(N)=O. The van der Waals surface area contributed by atoms with Gasteiger partial charge in [-0.15, -0.1) is 0 Å². The van der Waals surface area contributed by atoms with Crippen LogP contribution in [0.4, 0.5) is 4.79 Å². The average Bonchev–Trinajstić information content (AvgIpc) is 3.04. The quantitative estimate of drug-likeness (QED) is 0.264. The van der Waals surface area contributed by atoms with Crippen molar-refractivity contribution in [3.8, 4) is 0 Å². The molecule has 154 valence electrons. The van der Waals surface area contributed by atoms with Crippen LogP contribution in [0.15, 0.2) is 20.9 Å². The van der Waals surface area contributed by atoms with E-state index in [9.17, 15) is 18.9 Å². The van der Waals surface area contributed by atoms with Gasteiger partial charge in [0.25, 0.3) is 5.56 Å². The molecule has 0 saturated carbocycles. The van der Waals surface area contributed by atoms with Crippen molar-refractivity contribution >= 4 is 13.2 Å². The third-order valence-corrected chi connectivity index (χ3v) is 5.56. The highest BCUT2D eigenvalue weighted by atomic mass is 31.2. The second kappa shape index (κ2) is 9.18. The van der Waals surface area contributed by atoms with Crippen molar-refractivity contribution in [1.82, 2.24) is 9.55 Å². The molecule has 14 heteroatoms. The topological polar surface area (TPSA) is 191 Å². The number of aromatic amines is 1. The largest absolute Gasteiger partial charge is 0.418 e. The molecule has 3 N–H and O–H groups in total. The fourth-order valence-electron chi connectivity index (χ4n) is 2.57. The lowest BCUT2D eigenvalue weighted by molar-refractivity contribution is -0.0244. The number of nitrogens with one attached hydrogen (secondary N) is 1. The van der Waals surface area contributed by atoms with Gasteiger partial charge in [0.05, 0.1) is 25.4 Å². The summed E-state index contributed by atoms with van der Waals surface area (Å²) in [6, 6.07) is -0.776. The highest BCUT2D eigenvalue weighted by molar-refractivity contribution is 7.71. The van der Waals surface area contributed by atoms with E-state index in [1.807, 2.05) is 0 Å². The summed E-state index contributed by atoms with van der Waals surface area (Å²) in [6.07, 6.45) is 0.120. The Balaban J connectivity index is 2.20. The number of ether oxygens (including phenoxy) is 1. The molecule has 1 amide bonds. The number of primary amides is 1. The highest BCUT2D eigenvalue weighted by Crippen LogP contribution is 2.49. The third kappa shape index (κ3) is 4.89. The van der Waals surface area contributed by atoms with Crippen LogP contribution < -0.4 is 17.0 Å². The number of carbonyl (C=O) groups excluding carboxylic acids is 1. The number of azide groups is 1. The van der Waals surface area contributed by atoms with Crippen molar-refractivity contribution in [3.63, 3.8) is 0 Å². The van der Waals surface area contributed by atoms with Crippen molar-refractivity contribution in [1.29, 1.82) is 0 Å². The van der Waals surface area contributed by atoms with Crippen molar-refractivity contribution in [2.75, 3.05) is 13.2 Å². The number of hydrogen-bond donors (Lipinski definition) is 2. The molecule has 1 fully saturated rings. The van der Waals surface area contributed by atoms with E-state index in [-0.39, 0.29) is 18.6 Å². The van der Waals surface area contributed by atoms with E-state index in [1.54, 1.807) is 6.92 Å². The number of amides is 1. The number of rotatable bonds is 9. The predicted octanol–water partition coefficient (Wildman–Crippen LogP) is 1.53. The fraction of sp³-hybridized carbons (Fsp3) is 0.643. The first-order chi connectivity index (χ1) is 13.2. The van der Waals surface area contributed by atoms with Gasteiger partial charge in [-0.3, -0.25) is 23.7 Å². The number of nitrogens with zero attached hydrogens (tertiary/aromatic N) is 4. The molecular formula is C14H21N6O7P. The molecule has 1 aromatic heterocycles. The Morgan fingerprint density at radius 3 is 2.86 bits per heavy atom. The van der Waals surface area contributed by atoms with Gasteiger partial charge >= 0.3 is 18.9 Å². The summed E-state index contributed by atoms with van der Waals surface area (Å²) in [5.74, 6) is 0. The fourth-order valence-corrected chi connectivity index (χ4v) is 3.67. The summed E-state index contributed by atoms with van der Waals surface area (Å²) in [5, 5.41) is 3.60. The number of carbonyl (C=O) groups is 1. The first-order valence-corrected chi connectivity index (χ1v) is 9.97. The summed E-state index contributed by atoms with van der Waals surface area (Å²) in [6.45, 7) is 2.85. The average molecular weight is 416 g/mol. The molecule has 13 nitrogen and oxygen atoms in total. The van der Waals surface area contributed by atoms with Crippen LogP contribution in [0, 0.1) is 6.92 Å². The number of H-pyrrole nitrogens is 1. The van der Waals surface area contributed by atoms with E-state index in [1.165, 1.54) is 13.1 Å². The van der Waals surface area contributed by atoms with Crippen molar-refractivity contribution in [2.45, 2.75) is 45.1 Å². The molecule has 28 heavy (non-hydrogen) atoms. The monoisotopic (exact) mass is 416 g/mol. The number of hydrogen-bond acceptors (Lipinski definition) is 8. The summed E-state index contributed by atoms with van der Waals surface area (Å²) in [5.41, 5.74) is 11.7. The molecule has 1 aliphatic rings. The van der Waals surface area contributed by atoms with Gasteiger partial charge in [0.2, 0.25) is 0 Å². The summed E-state index contributed by atoms with van der Waals surface area (Å²) >= 11 is 0.